The highest BCUT2D eigenvalue weighted by Crippen LogP contribution is 2.66. The van der Waals surface area contributed by atoms with E-state index in [-0.39, 0.29) is 17.8 Å². The minimum Gasteiger partial charge on any atom is -0.497 e. The van der Waals surface area contributed by atoms with Crippen LogP contribution >= 0.6 is 0 Å². The minimum absolute atomic E-state index is 0.148. The summed E-state index contributed by atoms with van der Waals surface area (Å²) in [6, 6.07) is 17.9. The van der Waals surface area contributed by atoms with Crippen molar-refractivity contribution in [3.05, 3.63) is 65.7 Å². The van der Waals surface area contributed by atoms with E-state index in [0.29, 0.717) is 0 Å². The molecule has 1 saturated carbocycles. The molecule has 2 aromatic rings. The van der Waals surface area contributed by atoms with Crippen LogP contribution in [-0.4, -0.2) is 20.2 Å². The van der Waals surface area contributed by atoms with E-state index in [9.17, 15) is 4.79 Å². The summed E-state index contributed by atoms with van der Waals surface area (Å²) in [6.07, 6.45) is 0. The predicted octanol–water partition coefficient (Wildman–Crippen LogP) is 3.54. The quantitative estimate of drug-likeness (QED) is 0.810. The second kappa shape index (κ2) is 5.48. The van der Waals surface area contributed by atoms with Crippen LogP contribution in [0.15, 0.2) is 54.6 Å². The lowest BCUT2D eigenvalue weighted by Gasteiger charge is -2.17. The zero-order valence-corrected chi connectivity index (χ0v) is 13.1. The smallest absolute Gasteiger partial charge is 0.317 e. The zero-order chi connectivity index (χ0) is 15.7. The van der Waals surface area contributed by atoms with Gasteiger partial charge in [-0.05, 0) is 29.2 Å². The summed E-state index contributed by atoms with van der Waals surface area (Å²) >= 11 is 0. The van der Waals surface area contributed by atoms with Gasteiger partial charge in [0.05, 0.1) is 14.2 Å². The van der Waals surface area contributed by atoms with Gasteiger partial charge >= 0.3 is 5.97 Å². The monoisotopic (exact) mass is 296 g/mol. The highest BCUT2D eigenvalue weighted by Gasteiger charge is 2.69. The Bertz CT molecular complexity index is 663. The van der Waals surface area contributed by atoms with Gasteiger partial charge in [-0.25, -0.2) is 0 Å². The average Bonchev–Trinajstić information content (AvgIpc) is 3.21. The summed E-state index contributed by atoms with van der Waals surface area (Å²) < 4.78 is 10.4. The molecular weight excluding hydrogens is 276 g/mol. The molecule has 3 heteroatoms. The van der Waals surface area contributed by atoms with Crippen molar-refractivity contribution in [3.63, 3.8) is 0 Å². The Morgan fingerprint density at radius 1 is 1.00 bits per heavy atom. The zero-order valence-electron chi connectivity index (χ0n) is 13.1. The molecule has 0 N–H and O–H groups in total. The highest BCUT2D eigenvalue weighted by atomic mass is 16.5. The van der Waals surface area contributed by atoms with E-state index in [2.05, 4.69) is 19.1 Å². The number of esters is 1. The summed E-state index contributed by atoms with van der Waals surface area (Å²) in [7, 11) is 3.10. The maximum atomic E-state index is 12.6. The number of benzene rings is 2. The van der Waals surface area contributed by atoms with Crippen molar-refractivity contribution in [1.82, 2.24) is 0 Å². The van der Waals surface area contributed by atoms with Gasteiger partial charge in [0, 0.05) is 5.92 Å². The van der Waals surface area contributed by atoms with Crippen LogP contribution in [-0.2, 0) is 14.9 Å². The normalized spacial score (nSPS) is 26.3. The lowest BCUT2D eigenvalue weighted by molar-refractivity contribution is -0.144. The van der Waals surface area contributed by atoms with Crippen LogP contribution in [0, 0.1) is 5.92 Å². The van der Waals surface area contributed by atoms with E-state index < -0.39 is 5.41 Å². The largest absolute Gasteiger partial charge is 0.497 e. The SMILES string of the molecule is COC(=O)[C@@]1(c2ccc(OC)cc2)[C@H](C)[C@@H]1c1ccccc1. The van der Waals surface area contributed by atoms with Gasteiger partial charge in [0.15, 0.2) is 0 Å². The molecule has 0 heterocycles. The van der Waals surface area contributed by atoms with E-state index in [1.165, 1.54) is 12.7 Å². The molecule has 3 nitrogen and oxygen atoms in total. The number of methoxy groups -OCH3 is 2. The fraction of sp³-hybridized carbons (Fsp3) is 0.316. The molecule has 0 spiro atoms. The van der Waals surface area contributed by atoms with Gasteiger partial charge in [0.2, 0.25) is 0 Å². The van der Waals surface area contributed by atoms with Gasteiger partial charge in [-0.2, -0.15) is 0 Å². The van der Waals surface area contributed by atoms with E-state index in [1.54, 1.807) is 7.11 Å². The van der Waals surface area contributed by atoms with E-state index in [1.807, 2.05) is 42.5 Å². The molecule has 1 fully saturated rings. The molecular formula is C19H20O3. The number of carbonyl (C=O) groups is 1. The lowest BCUT2D eigenvalue weighted by Crippen LogP contribution is -2.25. The third-order valence-corrected chi connectivity index (χ3v) is 4.85. The summed E-state index contributed by atoms with van der Waals surface area (Å²) in [6.45, 7) is 2.11. The molecule has 0 saturated heterocycles. The van der Waals surface area contributed by atoms with Crippen molar-refractivity contribution in [1.29, 1.82) is 0 Å². The van der Waals surface area contributed by atoms with Gasteiger partial charge in [-0.15, -0.1) is 0 Å². The predicted molar refractivity (Wildman–Crippen MR) is 85.0 cm³/mol. The molecule has 1 aliphatic carbocycles. The topological polar surface area (TPSA) is 35.5 Å². The van der Waals surface area contributed by atoms with Crippen molar-refractivity contribution in [2.45, 2.75) is 18.3 Å². The van der Waals surface area contributed by atoms with Crippen LogP contribution in [0.2, 0.25) is 0 Å². The standard InChI is InChI=1S/C19H20O3/c1-13-17(14-7-5-4-6-8-14)19(13,18(20)22-3)15-9-11-16(21-2)12-10-15/h4-13,17H,1-3H3/t13-,17-,19-/m1/s1. The lowest BCUT2D eigenvalue weighted by atomic mass is 9.90. The Morgan fingerprint density at radius 3 is 2.18 bits per heavy atom. The number of hydrogen-bond donors (Lipinski definition) is 0. The Hall–Kier alpha value is -2.29. The van der Waals surface area contributed by atoms with E-state index in [0.717, 1.165) is 11.3 Å². The second-order valence-electron chi connectivity index (χ2n) is 5.77. The molecule has 0 unspecified atom stereocenters. The van der Waals surface area contributed by atoms with E-state index in [4.69, 9.17) is 9.47 Å². The average molecular weight is 296 g/mol. The van der Waals surface area contributed by atoms with Crippen LogP contribution in [0.5, 0.6) is 5.75 Å². The first-order valence-electron chi connectivity index (χ1n) is 7.44. The molecule has 0 aromatic heterocycles. The molecule has 0 radical (unpaired) electrons. The molecule has 0 aliphatic heterocycles. The summed E-state index contributed by atoms with van der Waals surface area (Å²) in [4.78, 5) is 12.6. The fourth-order valence-corrected chi connectivity index (χ4v) is 3.68. The first-order valence-corrected chi connectivity index (χ1v) is 7.44. The van der Waals surface area contributed by atoms with Crippen molar-refractivity contribution in [2.24, 2.45) is 5.92 Å². The number of rotatable bonds is 4. The number of carbonyl (C=O) groups excluding carboxylic acids is 1. The Morgan fingerprint density at radius 2 is 1.64 bits per heavy atom. The van der Waals surface area contributed by atoms with Crippen molar-refractivity contribution >= 4 is 5.97 Å². The number of ether oxygens (including phenoxy) is 2. The third kappa shape index (κ3) is 2.00. The van der Waals surface area contributed by atoms with Gasteiger partial charge in [0.1, 0.15) is 11.2 Å². The van der Waals surface area contributed by atoms with Crippen molar-refractivity contribution in [3.8, 4) is 5.75 Å². The van der Waals surface area contributed by atoms with Crippen LogP contribution in [0.3, 0.4) is 0 Å². The van der Waals surface area contributed by atoms with Crippen molar-refractivity contribution < 1.29 is 14.3 Å². The Labute approximate surface area is 130 Å². The van der Waals surface area contributed by atoms with Crippen LogP contribution in [0.1, 0.15) is 24.0 Å². The molecule has 0 bridgehead atoms. The van der Waals surface area contributed by atoms with Gasteiger partial charge < -0.3 is 9.47 Å². The molecule has 0 amide bonds. The second-order valence-corrected chi connectivity index (χ2v) is 5.77. The summed E-state index contributed by atoms with van der Waals surface area (Å²) in [5, 5.41) is 0. The summed E-state index contributed by atoms with van der Waals surface area (Å²) in [5.41, 5.74) is 1.57. The van der Waals surface area contributed by atoms with E-state index >= 15 is 0 Å². The van der Waals surface area contributed by atoms with Crippen molar-refractivity contribution in [2.75, 3.05) is 14.2 Å². The Kier molecular flexibility index (Phi) is 3.65. The van der Waals surface area contributed by atoms with Gasteiger partial charge in [-0.1, -0.05) is 49.4 Å². The molecule has 2 aromatic carbocycles. The molecule has 3 atom stereocenters. The molecule has 1 aliphatic rings. The van der Waals surface area contributed by atoms with Crippen LogP contribution in [0.25, 0.3) is 0 Å². The first-order chi connectivity index (χ1) is 10.7. The van der Waals surface area contributed by atoms with Gasteiger partial charge in [-0.3, -0.25) is 4.79 Å². The molecule has 22 heavy (non-hydrogen) atoms. The highest BCUT2D eigenvalue weighted by molar-refractivity contribution is 5.90. The third-order valence-electron chi connectivity index (χ3n) is 4.85. The fourth-order valence-electron chi connectivity index (χ4n) is 3.68. The molecule has 114 valence electrons. The first kappa shape index (κ1) is 14.6. The van der Waals surface area contributed by atoms with Crippen LogP contribution in [0.4, 0.5) is 0 Å². The molecule has 3 rings (SSSR count). The van der Waals surface area contributed by atoms with Gasteiger partial charge in [0.25, 0.3) is 0 Å². The van der Waals surface area contributed by atoms with Crippen LogP contribution < -0.4 is 4.74 Å². The maximum absolute atomic E-state index is 12.6. The minimum atomic E-state index is -0.595. The number of hydrogen-bond acceptors (Lipinski definition) is 3. The maximum Gasteiger partial charge on any atom is 0.317 e. The summed E-state index contributed by atoms with van der Waals surface area (Å²) in [5.74, 6) is 0.970. The Balaban J connectivity index is 2.05.